The van der Waals surface area contributed by atoms with Crippen molar-refractivity contribution in [1.82, 2.24) is 0 Å². The van der Waals surface area contributed by atoms with Crippen molar-refractivity contribution in [2.45, 2.75) is 96.8 Å². The topological polar surface area (TPSA) is 40.1 Å². The first-order valence-corrected chi connectivity index (χ1v) is 8.93. The Balaban J connectivity index is 0. The molecule has 0 aromatic heterocycles. The summed E-state index contributed by atoms with van der Waals surface area (Å²) in [5.74, 6) is 10.5. The summed E-state index contributed by atoms with van der Waals surface area (Å²) in [6.45, 7) is 2.26. The zero-order chi connectivity index (χ0) is 16.3. The molecule has 2 nitrogen and oxygen atoms in total. The predicted molar refractivity (Wildman–Crippen MR) is 90.9 cm³/mol. The third kappa shape index (κ3) is 23.6. The molecule has 0 aromatic carbocycles. The molecule has 0 heterocycles. The maximum absolute atomic E-state index is 10.2. The van der Waals surface area contributed by atoms with Gasteiger partial charge in [0, 0.05) is 18.8 Å². The van der Waals surface area contributed by atoms with Crippen LogP contribution >= 0.6 is 0 Å². The summed E-state index contributed by atoms with van der Waals surface area (Å²) in [5, 5.41) is 10.2. The van der Waals surface area contributed by atoms with Crippen molar-refractivity contribution in [2.75, 3.05) is 0 Å². The second-order valence-corrected chi connectivity index (χ2v) is 5.76. The minimum Gasteiger partial charge on any atom is -0.550 e. The summed E-state index contributed by atoms with van der Waals surface area (Å²) < 4.78 is 0. The fourth-order valence-electron chi connectivity index (χ4n) is 2.24. The molecule has 0 atom stereocenters. The van der Waals surface area contributed by atoms with Crippen LogP contribution in [0, 0.1) is 23.7 Å². The molecule has 124 valence electrons. The zero-order valence-corrected chi connectivity index (χ0v) is 15.2. The van der Waals surface area contributed by atoms with Crippen molar-refractivity contribution >= 4 is 5.97 Å². The van der Waals surface area contributed by atoms with Gasteiger partial charge in [-0.25, -0.2) is 0 Å². The van der Waals surface area contributed by atoms with Gasteiger partial charge in [0.15, 0.2) is 0 Å². The van der Waals surface area contributed by atoms with Gasteiger partial charge in [-0.2, -0.15) is 0 Å². The van der Waals surface area contributed by atoms with E-state index in [1.165, 1.54) is 57.8 Å². The Labute approximate surface area is 155 Å². The maximum Gasteiger partial charge on any atom is 1.00 e. The number of carbonyl (C=O) groups excluding carboxylic acids is 1. The molecule has 0 fully saturated rings. The molecular weight excluding hydrogens is 279 g/mol. The van der Waals surface area contributed by atoms with Crippen LogP contribution in [0.25, 0.3) is 0 Å². The van der Waals surface area contributed by atoms with Crippen molar-refractivity contribution < 1.29 is 28.8 Å². The Bertz CT molecular complexity index is 382. The molecule has 0 aliphatic carbocycles. The van der Waals surface area contributed by atoms with E-state index in [1.807, 2.05) is 0 Å². The van der Waals surface area contributed by atoms with Crippen LogP contribution in [0.4, 0.5) is 0 Å². The van der Waals surface area contributed by atoms with E-state index in [-0.39, 0.29) is 25.3 Å². The largest absolute Gasteiger partial charge is 1.00 e. The third-order valence-corrected chi connectivity index (χ3v) is 3.58. The van der Waals surface area contributed by atoms with E-state index in [9.17, 15) is 9.90 Å². The summed E-state index contributed by atoms with van der Waals surface area (Å²) in [5.41, 5.74) is 0. The number of carbonyl (C=O) groups is 1. The van der Waals surface area contributed by atoms with Gasteiger partial charge < -0.3 is 9.90 Å². The quantitative estimate of drug-likeness (QED) is 0.292. The summed E-state index contributed by atoms with van der Waals surface area (Å²) in [7, 11) is 0. The van der Waals surface area contributed by atoms with E-state index in [0.29, 0.717) is 12.8 Å². The monoisotopic (exact) mass is 310 g/mol. The number of aliphatic carboxylic acids is 1. The van der Waals surface area contributed by atoms with Crippen LogP contribution in [0.3, 0.4) is 0 Å². The molecule has 0 saturated heterocycles. The fourth-order valence-corrected chi connectivity index (χ4v) is 2.24. The third-order valence-electron chi connectivity index (χ3n) is 3.58. The molecule has 0 radical (unpaired) electrons. The van der Waals surface area contributed by atoms with Gasteiger partial charge in [-0.3, -0.25) is 0 Å². The van der Waals surface area contributed by atoms with Crippen molar-refractivity contribution in [1.29, 1.82) is 0 Å². The summed E-state index contributed by atoms with van der Waals surface area (Å²) in [4.78, 5) is 10.2. The normalized spacial score (nSPS) is 9.09. The molecule has 0 saturated carbocycles. The van der Waals surface area contributed by atoms with E-state index in [4.69, 9.17) is 0 Å². The van der Waals surface area contributed by atoms with Gasteiger partial charge in [-0.05, 0) is 31.1 Å². The van der Waals surface area contributed by atoms with Crippen molar-refractivity contribution in [3.8, 4) is 23.7 Å². The molecule has 0 unspecified atom stereocenters. The van der Waals surface area contributed by atoms with Gasteiger partial charge in [0.2, 0.25) is 0 Å². The molecular formula is C20H31LiO2. The van der Waals surface area contributed by atoms with E-state index in [0.717, 1.165) is 12.8 Å². The Morgan fingerprint density at radius 2 is 1.17 bits per heavy atom. The average molecular weight is 310 g/mol. The van der Waals surface area contributed by atoms with Crippen LogP contribution in [0.15, 0.2) is 0 Å². The second-order valence-electron chi connectivity index (χ2n) is 5.76. The van der Waals surface area contributed by atoms with Crippen molar-refractivity contribution in [2.24, 2.45) is 0 Å². The van der Waals surface area contributed by atoms with E-state index >= 15 is 0 Å². The molecule has 0 aliphatic heterocycles. The van der Waals surface area contributed by atoms with E-state index < -0.39 is 5.97 Å². The van der Waals surface area contributed by atoms with Gasteiger partial charge in [0.1, 0.15) is 0 Å². The van der Waals surface area contributed by atoms with Crippen LogP contribution in [0.1, 0.15) is 96.8 Å². The minimum absolute atomic E-state index is 0. The Morgan fingerprint density at radius 1 is 0.739 bits per heavy atom. The van der Waals surface area contributed by atoms with E-state index in [1.54, 1.807) is 0 Å². The molecule has 0 amide bonds. The first-order chi connectivity index (χ1) is 10.8. The maximum atomic E-state index is 10.2. The Kier molecular flexibility index (Phi) is 22.5. The van der Waals surface area contributed by atoms with Crippen molar-refractivity contribution in [3.63, 3.8) is 0 Å². The molecule has 0 rings (SSSR count). The Hall–Kier alpha value is -0.813. The van der Waals surface area contributed by atoms with Crippen LogP contribution in [-0.4, -0.2) is 5.97 Å². The number of carboxylic acid groups (broad SMARTS) is 1. The first kappa shape index (κ1) is 24.4. The number of unbranched alkanes of at least 4 members (excludes halogenated alkanes) is 11. The molecule has 0 aliphatic rings. The van der Waals surface area contributed by atoms with Crippen LogP contribution in [0.2, 0.25) is 0 Å². The SMILES string of the molecule is CCCCCCCCCCCCC#CC#CCCCC(=O)[O-].[Li+]. The molecule has 0 N–H and O–H groups in total. The molecule has 0 spiro atoms. The van der Waals surface area contributed by atoms with Gasteiger partial charge in [0.25, 0.3) is 0 Å². The van der Waals surface area contributed by atoms with Gasteiger partial charge in [-0.15, -0.1) is 0 Å². The minimum atomic E-state index is -1.01. The Morgan fingerprint density at radius 3 is 1.65 bits per heavy atom. The predicted octanol–water partition coefficient (Wildman–Crippen LogP) is 1.23. The standard InChI is InChI=1S/C20H32O2.Li/c1-2-3-4-5-6-7-8-9-10-11-12-13-14-15-16-17-18-19-20(21)22;/h2-12,17-19H2,1H3,(H,21,22);/q;+1/p-1. The summed E-state index contributed by atoms with van der Waals surface area (Å²) >= 11 is 0. The van der Waals surface area contributed by atoms with Crippen LogP contribution in [0.5, 0.6) is 0 Å². The fraction of sp³-hybridized carbons (Fsp3) is 0.750. The molecule has 0 bridgehead atoms. The number of rotatable bonds is 13. The molecule has 23 heavy (non-hydrogen) atoms. The second kappa shape index (κ2) is 21.2. The van der Waals surface area contributed by atoms with Gasteiger partial charge >= 0.3 is 18.9 Å². The number of hydrogen-bond donors (Lipinski definition) is 0. The van der Waals surface area contributed by atoms with E-state index in [2.05, 4.69) is 30.6 Å². The molecule has 0 aromatic rings. The van der Waals surface area contributed by atoms with Crippen LogP contribution < -0.4 is 24.0 Å². The van der Waals surface area contributed by atoms with Gasteiger partial charge in [-0.1, -0.05) is 76.6 Å². The summed E-state index contributed by atoms with van der Waals surface area (Å²) in [6.07, 6.45) is 15.5. The average Bonchev–Trinajstić information content (AvgIpc) is 2.50. The van der Waals surface area contributed by atoms with Gasteiger partial charge in [0.05, 0.1) is 0 Å². The summed E-state index contributed by atoms with van der Waals surface area (Å²) in [6, 6.07) is 0. The molecule has 3 heteroatoms. The smallest absolute Gasteiger partial charge is 0.550 e. The zero-order valence-electron chi connectivity index (χ0n) is 15.2. The van der Waals surface area contributed by atoms with Crippen LogP contribution in [-0.2, 0) is 4.79 Å². The first-order valence-electron chi connectivity index (χ1n) is 8.93. The number of hydrogen-bond acceptors (Lipinski definition) is 2. The number of carboxylic acids is 1. The van der Waals surface area contributed by atoms with Crippen molar-refractivity contribution in [3.05, 3.63) is 0 Å².